The van der Waals surface area contributed by atoms with Gasteiger partial charge in [-0.15, -0.1) is 10.2 Å². The molecular formula is C24H23F3N6O4S. The van der Waals surface area contributed by atoms with Crippen LogP contribution in [0.25, 0.3) is 22.4 Å². The fraction of sp³-hybridized carbons (Fsp3) is 0.333. The molecule has 1 N–H and O–H groups in total. The Labute approximate surface area is 215 Å². The van der Waals surface area contributed by atoms with Gasteiger partial charge in [-0.2, -0.15) is 13.9 Å². The number of sulfone groups is 1. The normalized spacial score (nSPS) is 17.3. The molecule has 2 aromatic heterocycles. The monoisotopic (exact) mass is 548 g/mol. The molecule has 200 valence electrons. The van der Waals surface area contributed by atoms with E-state index in [4.69, 9.17) is 4.42 Å². The molecule has 14 heteroatoms. The molecule has 2 amide bonds. The summed E-state index contributed by atoms with van der Waals surface area (Å²) in [7, 11) is -3.45. The van der Waals surface area contributed by atoms with Crippen molar-refractivity contribution in [3.63, 3.8) is 0 Å². The van der Waals surface area contributed by atoms with Crippen LogP contribution in [0.5, 0.6) is 0 Å². The minimum atomic E-state index is -3.45. The number of aromatic nitrogens is 4. The second-order valence-electron chi connectivity index (χ2n) is 8.88. The standard InChI is InChI=1S/C24H23F3N6O4S/c1-2-33-20-11-17(6-5-16(20)12-28-33)29-24(34)32-7-8-38(35,36)13-18(32)9-14-3-4-15(10-19(14)25)22-30-31-23(37-22)21(26)27/h3-6,10-12,18,21H,2,7-9,13H2,1H3,(H,29,34). The highest BCUT2D eigenvalue weighted by Gasteiger charge is 2.35. The first-order chi connectivity index (χ1) is 18.1. The van der Waals surface area contributed by atoms with Gasteiger partial charge in [0.05, 0.1) is 29.3 Å². The van der Waals surface area contributed by atoms with Gasteiger partial charge in [-0.1, -0.05) is 6.07 Å². The van der Waals surface area contributed by atoms with Crippen molar-refractivity contribution in [1.82, 2.24) is 24.9 Å². The number of halogens is 3. The Kier molecular flexibility index (Phi) is 6.82. The summed E-state index contributed by atoms with van der Waals surface area (Å²) in [6.07, 6.45) is -1.31. The lowest BCUT2D eigenvalue weighted by atomic mass is 10.0. The molecule has 1 fully saturated rings. The molecule has 4 aromatic rings. The number of hydrogen-bond acceptors (Lipinski definition) is 7. The average Bonchev–Trinajstić information content (AvgIpc) is 3.52. The van der Waals surface area contributed by atoms with E-state index in [2.05, 4.69) is 20.6 Å². The van der Waals surface area contributed by atoms with Crippen LogP contribution in [0.1, 0.15) is 24.8 Å². The summed E-state index contributed by atoms with van der Waals surface area (Å²) in [5.41, 5.74) is 1.60. The van der Waals surface area contributed by atoms with E-state index in [1.54, 1.807) is 23.0 Å². The van der Waals surface area contributed by atoms with Crippen LogP contribution in [-0.2, 0) is 22.8 Å². The number of nitrogens with one attached hydrogen (secondary N) is 1. The first-order valence-corrected chi connectivity index (χ1v) is 13.6. The van der Waals surface area contributed by atoms with E-state index >= 15 is 0 Å². The lowest BCUT2D eigenvalue weighted by Gasteiger charge is -2.35. The number of alkyl halides is 2. The molecule has 1 saturated heterocycles. The Bertz CT molecular complexity index is 1600. The summed E-state index contributed by atoms with van der Waals surface area (Å²) in [6, 6.07) is 7.85. The van der Waals surface area contributed by atoms with Crippen LogP contribution in [0.15, 0.2) is 47.0 Å². The third-order valence-electron chi connectivity index (χ3n) is 6.37. The number of aryl methyl sites for hydroxylation is 1. The number of carbonyl (C=O) groups excluding carboxylic acids is 1. The number of amides is 2. The number of benzene rings is 2. The average molecular weight is 549 g/mol. The molecular weight excluding hydrogens is 525 g/mol. The largest absolute Gasteiger partial charge is 0.415 e. The van der Waals surface area contributed by atoms with Gasteiger partial charge < -0.3 is 14.6 Å². The third-order valence-corrected chi connectivity index (χ3v) is 8.07. The second kappa shape index (κ2) is 10.1. The molecule has 38 heavy (non-hydrogen) atoms. The van der Waals surface area contributed by atoms with Gasteiger partial charge in [0.1, 0.15) is 5.82 Å². The molecule has 1 aliphatic rings. The van der Waals surface area contributed by atoms with Gasteiger partial charge >= 0.3 is 12.5 Å². The van der Waals surface area contributed by atoms with E-state index < -0.39 is 40.0 Å². The summed E-state index contributed by atoms with van der Waals surface area (Å²) in [5, 5.41) is 14.7. The molecule has 0 saturated carbocycles. The molecule has 10 nitrogen and oxygen atoms in total. The van der Waals surface area contributed by atoms with Crippen LogP contribution >= 0.6 is 0 Å². The van der Waals surface area contributed by atoms with E-state index in [1.165, 1.54) is 17.0 Å². The van der Waals surface area contributed by atoms with Crippen LogP contribution in [0.4, 0.5) is 23.7 Å². The fourth-order valence-corrected chi connectivity index (χ4v) is 5.98. The van der Waals surface area contributed by atoms with Gasteiger partial charge in [0, 0.05) is 29.7 Å². The topological polar surface area (TPSA) is 123 Å². The Balaban J connectivity index is 1.36. The highest BCUT2D eigenvalue weighted by Crippen LogP contribution is 2.27. The van der Waals surface area contributed by atoms with Crippen molar-refractivity contribution in [2.24, 2.45) is 0 Å². The Morgan fingerprint density at radius 1 is 1.21 bits per heavy atom. The van der Waals surface area contributed by atoms with Crippen molar-refractivity contribution in [3.8, 4) is 11.5 Å². The zero-order chi connectivity index (χ0) is 27.0. The van der Waals surface area contributed by atoms with E-state index in [-0.39, 0.29) is 41.5 Å². The fourth-order valence-electron chi connectivity index (χ4n) is 4.46. The molecule has 1 aliphatic heterocycles. The maximum atomic E-state index is 15.0. The quantitative estimate of drug-likeness (QED) is 0.386. The molecule has 3 heterocycles. The van der Waals surface area contributed by atoms with Crippen LogP contribution in [-0.4, -0.2) is 63.4 Å². The lowest BCUT2D eigenvalue weighted by Crippen LogP contribution is -2.53. The number of fused-ring (bicyclic) bond motifs is 1. The van der Waals surface area contributed by atoms with Crippen molar-refractivity contribution in [3.05, 3.63) is 59.9 Å². The molecule has 1 unspecified atom stereocenters. The summed E-state index contributed by atoms with van der Waals surface area (Å²) in [6.45, 7) is 2.55. The zero-order valence-corrected chi connectivity index (χ0v) is 21.0. The minimum absolute atomic E-state index is 0.0495. The minimum Gasteiger partial charge on any atom is -0.415 e. The number of urea groups is 1. The van der Waals surface area contributed by atoms with E-state index in [1.807, 2.05) is 13.0 Å². The van der Waals surface area contributed by atoms with Crippen molar-refractivity contribution < 1.29 is 30.8 Å². The third kappa shape index (κ3) is 5.21. The van der Waals surface area contributed by atoms with Gasteiger partial charge in [-0.05, 0) is 49.2 Å². The smallest absolute Gasteiger partial charge is 0.322 e. The van der Waals surface area contributed by atoms with Crippen molar-refractivity contribution in [2.45, 2.75) is 32.4 Å². The summed E-state index contributed by atoms with van der Waals surface area (Å²) in [4.78, 5) is 14.6. The predicted octanol–water partition coefficient (Wildman–Crippen LogP) is 4.06. The Hall–Kier alpha value is -3.94. The molecule has 0 radical (unpaired) electrons. The molecule has 0 aliphatic carbocycles. The van der Waals surface area contributed by atoms with Crippen molar-refractivity contribution >= 4 is 32.5 Å². The lowest BCUT2D eigenvalue weighted by molar-refractivity contribution is 0.116. The van der Waals surface area contributed by atoms with Gasteiger partial charge in [-0.25, -0.2) is 17.6 Å². The highest BCUT2D eigenvalue weighted by atomic mass is 32.2. The van der Waals surface area contributed by atoms with E-state index in [0.29, 0.717) is 12.2 Å². The van der Waals surface area contributed by atoms with Crippen LogP contribution < -0.4 is 5.32 Å². The Morgan fingerprint density at radius 3 is 2.74 bits per heavy atom. The van der Waals surface area contributed by atoms with E-state index in [9.17, 15) is 26.4 Å². The number of hydrogen-bond donors (Lipinski definition) is 1. The molecule has 2 aromatic carbocycles. The van der Waals surface area contributed by atoms with Crippen molar-refractivity contribution in [2.75, 3.05) is 23.4 Å². The summed E-state index contributed by atoms with van der Waals surface area (Å²) >= 11 is 0. The molecule has 1 atom stereocenters. The van der Waals surface area contributed by atoms with Gasteiger partial charge in [0.2, 0.25) is 5.89 Å². The number of rotatable bonds is 6. The summed E-state index contributed by atoms with van der Waals surface area (Å²) in [5.74, 6) is -2.40. The van der Waals surface area contributed by atoms with Gasteiger partial charge in [-0.3, -0.25) is 4.68 Å². The number of anilines is 1. The van der Waals surface area contributed by atoms with E-state index in [0.717, 1.165) is 17.0 Å². The van der Waals surface area contributed by atoms with Crippen LogP contribution in [0.2, 0.25) is 0 Å². The van der Waals surface area contributed by atoms with Gasteiger partial charge in [0.15, 0.2) is 9.84 Å². The molecule has 0 spiro atoms. The first-order valence-electron chi connectivity index (χ1n) is 11.8. The zero-order valence-electron chi connectivity index (χ0n) is 20.1. The first kappa shape index (κ1) is 25.7. The summed E-state index contributed by atoms with van der Waals surface area (Å²) < 4.78 is 71.9. The molecule has 5 rings (SSSR count). The van der Waals surface area contributed by atoms with Crippen molar-refractivity contribution in [1.29, 1.82) is 0 Å². The molecule has 0 bridgehead atoms. The highest BCUT2D eigenvalue weighted by molar-refractivity contribution is 7.91. The van der Waals surface area contributed by atoms with Crippen LogP contribution in [0, 0.1) is 5.82 Å². The Morgan fingerprint density at radius 2 is 2.03 bits per heavy atom. The predicted molar refractivity (Wildman–Crippen MR) is 132 cm³/mol. The number of nitrogens with zero attached hydrogens (tertiary/aromatic N) is 5. The maximum Gasteiger partial charge on any atom is 0.322 e. The second-order valence-corrected chi connectivity index (χ2v) is 11.1. The van der Waals surface area contributed by atoms with Crippen LogP contribution in [0.3, 0.4) is 0 Å². The SMILES string of the molecule is CCn1ncc2ccc(NC(=O)N3CCS(=O)(=O)CC3Cc3ccc(-c4nnc(C(F)F)o4)cc3F)cc21. The maximum absolute atomic E-state index is 15.0. The van der Waals surface area contributed by atoms with Gasteiger partial charge in [0.25, 0.3) is 5.89 Å². The number of carbonyl (C=O) groups is 1.